The quantitative estimate of drug-likeness (QED) is 0.619. The van der Waals surface area contributed by atoms with Crippen LogP contribution in [0, 0.1) is 0 Å². The first-order valence-corrected chi connectivity index (χ1v) is 9.77. The molecule has 0 aliphatic heterocycles. The van der Waals surface area contributed by atoms with Crippen LogP contribution in [0.15, 0.2) is 60.7 Å². The van der Waals surface area contributed by atoms with E-state index in [2.05, 4.69) is 41.9 Å². The summed E-state index contributed by atoms with van der Waals surface area (Å²) in [5.74, 6) is -0.0811. The molecule has 0 aliphatic rings. The number of rotatable bonds is 9. The van der Waals surface area contributed by atoms with Gasteiger partial charge in [0.25, 0.3) is 0 Å². The zero-order valence-electron chi connectivity index (χ0n) is 17.0. The Morgan fingerprint density at radius 2 is 1.54 bits per heavy atom. The summed E-state index contributed by atoms with van der Waals surface area (Å²) in [5, 5.41) is 8.56. The van der Waals surface area contributed by atoms with Crippen LogP contribution in [0.5, 0.6) is 0 Å². The minimum atomic E-state index is -0.243. The van der Waals surface area contributed by atoms with E-state index in [1.54, 1.807) is 0 Å². The van der Waals surface area contributed by atoms with E-state index in [1.165, 1.54) is 5.56 Å². The zero-order chi connectivity index (χ0) is 20.4. The van der Waals surface area contributed by atoms with Gasteiger partial charge in [-0.15, -0.1) is 0 Å². The number of carbonyl (C=O) groups excluding carboxylic acids is 2. The van der Waals surface area contributed by atoms with Gasteiger partial charge in [0.2, 0.25) is 5.91 Å². The molecule has 0 spiro atoms. The first-order valence-electron chi connectivity index (χ1n) is 9.77. The van der Waals surface area contributed by atoms with Crippen LogP contribution in [0.25, 0.3) is 0 Å². The maximum Gasteiger partial charge on any atom is 0.315 e. The normalized spacial score (nSPS) is 12.1. The highest BCUT2D eigenvalue weighted by Crippen LogP contribution is 2.28. The third kappa shape index (κ3) is 7.43. The summed E-state index contributed by atoms with van der Waals surface area (Å²) in [5.41, 5.74) is 2.27. The summed E-state index contributed by atoms with van der Waals surface area (Å²) >= 11 is 0. The molecule has 0 heterocycles. The van der Waals surface area contributed by atoms with Gasteiger partial charge in [-0.05, 0) is 29.9 Å². The van der Waals surface area contributed by atoms with Crippen molar-refractivity contribution in [1.82, 2.24) is 16.0 Å². The van der Waals surface area contributed by atoms with Crippen molar-refractivity contribution in [2.45, 2.75) is 51.6 Å². The molecule has 0 radical (unpaired) electrons. The number of carbonyl (C=O) groups is 2. The van der Waals surface area contributed by atoms with Gasteiger partial charge < -0.3 is 16.0 Å². The van der Waals surface area contributed by atoms with Crippen molar-refractivity contribution in [3.63, 3.8) is 0 Å². The molecule has 2 aromatic rings. The molecule has 5 nitrogen and oxygen atoms in total. The number of amides is 3. The first-order chi connectivity index (χ1) is 13.4. The van der Waals surface area contributed by atoms with Gasteiger partial charge in [0.05, 0.1) is 0 Å². The highest BCUT2D eigenvalue weighted by Gasteiger charge is 2.23. The molecule has 3 N–H and O–H groups in total. The predicted molar refractivity (Wildman–Crippen MR) is 113 cm³/mol. The maximum atomic E-state index is 12.1. The van der Waals surface area contributed by atoms with E-state index in [0.29, 0.717) is 13.1 Å². The lowest BCUT2D eigenvalue weighted by molar-refractivity contribution is -0.121. The monoisotopic (exact) mass is 381 g/mol. The fourth-order valence-corrected chi connectivity index (χ4v) is 3.27. The molecule has 3 amide bonds. The molecular formula is C23H31N3O2. The van der Waals surface area contributed by atoms with Gasteiger partial charge in [0.15, 0.2) is 0 Å². The maximum absolute atomic E-state index is 12.1. The number of urea groups is 1. The Bertz CT molecular complexity index is 745. The Labute approximate surface area is 167 Å². The first kappa shape index (κ1) is 21.5. The molecule has 28 heavy (non-hydrogen) atoms. The Balaban J connectivity index is 1.65. The van der Waals surface area contributed by atoms with Gasteiger partial charge in [0.1, 0.15) is 0 Å². The summed E-state index contributed by atoms with van der Waals surface area (Å²) in [4.78, 5) is 24.0. The average Bonchev–Trinajstić information content (AvgIpc) is 2.67. The van der Waals surface area contributed by atoms with Crippen molar-refractivity contribution < 1.29 is 9.59 Å². The van der Waals surface area contributed by atoms with Crippen molar-refractivity contribution >= 4 is 11.9 Å². The molecule has 0 fully saturated rings. The van der Waals surface area contributed by atoms with Crippen molar-refractivity contribution in [2.24, 2.45) is 0 Å². The number of hydrogen-bond donors (Lipinski definition) is 3. The standard InChI is InChI=1S/C23H31N3O2/c1-18(16-23(2,3)20-12-8-5-9-13-20)26-22(28)24-15-14-21(27)25-17-19-10-6-4-7-11-19/h4-13,18H,14-17H2,1-3H3,(H,25,27)(H2,24,26,28). The van der Waals surface area contributed by atoms with Crippen molar-refractivity contribution in [3.05, 3.63) is 71.8 Å². The largest absolute Gasteiger partial charge is 0.352 e. The molecule has 150 valence electrons. The van der Waals surface area contributed by atoms with Crippen LogP contribution in [0.3, 0.4) is 0 Å². The predicted octanol–water partition coefficient (Wildman–Crippen LogP) is 3.75. The topological polar surface area (TPSA) is 70.2 Å². The minimum absolute atomic E-state index is 0.0158. The van der Waals surface area contributed by atoms with Gasteiger partial charge in [-0.3, -0.25) is 4.79 Å². The SMILES string of the molecule is CC(CC(C)(C)c1ccccc1)NC(=O)NCCC(=O)NCc1ccccc1. The summed E-state index contributed by atoms with van der Waals surface area (Å²) in [7, 11) is 0. The summed E-state index contributed by atoms with van der Waals surface area (Å²) in [6, 6.07) is 19.8. The van der Waals surface area contributed by atoms with Crippen LogP contribution in [-0.2, 0) is 16.8 Å². The second kappa shape index (κ2) is 10.5. The third-order valence-corrected chi connectivity index (χ3v) is 4.72. The second-order valence-corrected chi connectivity index (χ2v) is 7.77. The molecule has 0 aliphatic carbocycles. The molecule has 0 saturated carbocycles. The average molecular weight is 382 g/mol. The fraction of sp³-hybridized carbons (Fsp3) is 0.391. The van der Waals surface area contributed by atoms with Crippen LogP contribution in [0.4, 0.5) is 4.79 Å². The van der Waals surface area contributed by atoms with Crippen molar-refractivity contribution in [3.8, 4) is 0 Å². The molecular weight excluding hydrogens is 350 g/mol. The lowest BCUT2D eigenvalue weighted by Crippen LogP contribution is -2.44. The molecule has 1 atom stereocenters. The highest BCUT2D eigenvalue weighted by atomic mass is 16.2. The summed E-state index contributed by atoms with van der Waals surface area (Å²) < 4.78 is 0. The molecule has 0 bridgehead atoms. The van der Waals surface area contributed by atoms with Gasteiger partial charge >= 0.3 is 6.03 Å². The van der Waals surface area contributed by atoms with Crippen LogP contribution in [-0.4, -0.2) is 24.5 Å². The summed E-state index contributed by atoms with van der Waals surface area (Å²) in [6.07, 6.45) is 1.08. The Hall–Kier alpha value is -2.82. The number of nitrogens with one attached hydrogen (secondary N) is 3. The molecule has 2 aromatic carbocycles. The van der Waals surface area contributed by atoms with E-state index in [4.69, 9.17) is 0 Å². The van der Waals surface area contributed by atoms with Gasteiger partial charge in [-0.2, -0.15) is 0 Å². The molecule has 2 rings (SSSR count). The van der Waals surface area contributed by atoms with Crippen molar-refractivity contribution in [2.75, 3.05) is 6.54 Å². The molecule has 0 saturated heterocycles. The van der Waals surface area contributed by atoms with E-state index in [9.17, 15) is 9.59 Å². The van der Waals surface area contributed by atoms with Crippen LogP contribution < -0.4 is 16.0 Å². The van der Waals surface area contributed by atoms with E-state index in [0.717, 1.165) is 12.0 Å². The van der Waals surface area contributed by atoms with E-state index >= 15 is 0 Å². The number of hydrogen-bond acceptors (Lipinski definition) is 2. The van der Waals surface area contributed by atoms with Crippen molar-refractivity contribution in [1.29, 1.82) is 0 Å². The van der Waals surface area contributed by atoms with E-state index in [-0.39, 0.29) is 29.8 Å². The highest BCUT2D eigenvalue weighted by molar-refractivity contribution is 5.78. The molecule has 1 unspecified atom stereocenters. The fourth-order valence-electron chi connectivity index (χ4n) is 3.27. The van der Waals surface area contributed by atoms with Gasteiger partial charge in [-0.25, -0.2) is 4.79 Å². The zero-order valence-corrected chi connectivity index (χ0v) is 17.0. The Kier molecular flexibility index (Phi) is 8.05. The summed E-state index contributed by atoms with van der Waals surface area (Å²) in [6.45, 7) is 7.15. The third-order valence-electron chi connectivity index (χ3n) is 4.72. The van der Waals surface area contributed by atoms with Crippen LogP contribution >= 0.6 is 0 Å². The lowest BCUT2D eigenvalue weighted by Gasteiger charge is -2.29. The van der Waals surface area contributed by atoms with Crippen LogP contribution in [0.2, 0.25) is 0 Å². The molecule has 0 aromatic heterocycles. The van der Waals surface area contributed by atoms with E-state index < -0.39 is 0 Å². The minimum Gasteiger partial charge on any atom is -0.352 e. The van der Waals surface area contributed by atoms with Gasteiger partial charge in [-0.1, -0.05) is 74.5 Å². The lowest BCUT2D eigenvalue weighted by atomic mass is 9.79. The smallest absolute Gasteiger partial charge is 0.315 e. The Morgan fingerprint density at radius 1 is 0.929 bits per heavy atom. The van der Waals surface area contributed by atoms with Crippen LogP contribution in [0.1, 0.15) is 44.7 Å². The second-order valence-electron chi connectivity index (χ2n) is 7.77. The van der Waals surface area contributed by atoms with Gasteiger partial charge in [0, 0.05) is 25.6 Å². The molecule has 5 heteroatoms. The van der Waals surface area contributed by atoms with E-state index in [1.807, 2.05) is 55.5 Å². The Morgan fingerprint density at radius 3 is 2.18 bits per heavy atom. The number of benzene rings is 2.